The van der Waals surface area contributed by atoms with Crippen LogP contribution in [0.2, 0.25) is 0 Å². The molecule has 3 rings (SSSR count). The van der Waals surface area contributed by atoms with Gasteiger partial charge < -0.3 is 14.6 Å². The summed E-state index contributed by atoms with van der Waals surface area (Å²) in [5, 5.41) is 10.2. The minimum absolute atomic E-state index is 0.256. The van der Waals surface area contributed by atoms with E-state index in [4.69, 9.17) is 5.11 Å². The van der Waals surface area contributed by atoms with Crippen molar-refractivity contribution >= 4 is 27.0 Å². The van der Waals surface area contributed by atoms with Gasteiger partial charge in [-0.05, 0) is 47.3 Å². The molecule has 2 aromatic heterocycles. The molecule has 20 heavy (non-hydrogen) atoms. The number of hydrogen-bond donors (Lipinski definition) is 1. The monoisotopic (exact) mass is 337 g/mol. The van der Waals surface area contributed by atoms with Crippen LogP contribution in [0.4, 0.5) is 0 Å². The minimum atomic E-state index is 0.256. The molecule has 1 aliphatic rings. The Morgan fingerprint density at radius 3 is 2.85 bits per heavy atom. The molecule has 108 valence electrons. The second-order valence-electron chi connectivity index (χ2n) is 5.54. The fourth-order valence-electron chi connectivity index (χ4n) is 3.11. The molecule has 0 atom stereocenters. The van der Waals surface area contributed by atoms with Crippen molar-refractivity contribution in [1.82, 2.24) is 14.5 Å². The maximum absolute atomic E-state index is 9.01. The molecular weight excluding hydrogens is 318 g/mol. The van der Waals surface area contributed by atoms with E-state index in [-0.39, 0.29) is 6.61 Å². The first-order chi connectivity index (χ1) is 9.69. The maximum Gasteiger partial charge on any atom is 0.140 e. The van der Waals surface area contributed by atoms with Crippen LogP contribution in [0.25, 0.3) is 11.0 Å². The van der Waals surface area contributed by atoms with E-state index in [9.17, 15) is 0 Å². The Kier molecular flexibility index (Phi) is 4.10. The van der Waals surface area contributed by atoms with Crippen molar-refractivity contribution in [2.45, 2.75) is 25.8 Å². The van der Waals surface area contributed by atoms with Crippen LogP contribution in [0.5, 0.6) is 0 Å². The highest BCUT2D eigenvalue weighted by atomic mass is 79.9. The Morgan fingerprint density at radius 2 is 2.15 bits per heavy atom. The quantitative estimate of drug-likeness (QED) is 0.936. The molecule has 4 nitrogen and oxygen atoms in total. The summed E-state index contributed by atoms with van der Waals surface area (Å²) in [5.41, 5.74) is 2.37. The highest BCUT2D eigenvalue weighted by Crippen LogP contribution is 2.30. The number of aromatic nitrogens is 2. The predicted molar refractivity (Wildman–Crippen MR) is 84.0 cm³/mol. The van der Waals surface area contributed by atoms with Gasteiger partial charge in [-0.15, -0.1) is 0 Å². The molecule has 1 aliphatic heterocycles. The van der Waals surface area contributed by atoms with E-state index in [2.05, 4.69) is 49.6 Å². The Labute approximate surface area is 127 Å². The zero-order chi connectivity index (χ0) is 14.1. The third-order valence-corrected chi connectivity index (χ3v) is 4.64. The van der Waals surface area contributed by atoms with Crippen molar-refractivity contribution in [3.63, 3.8) is 0 Å². The van der Waals surface area contributed by atoms with Crippen molar-refractivity contribution in [1.29, 1.82) is 0 Å². The Morgan fingerprint density at radius 1 is 1.40 bits per heavy atom. The highest BCUT2D eigenvalue weighted by Gasteiger charge is 2.22. The van der Waals surface area contributed by atoms with Crippen molar-refractivity contribution in [3.05, 3.63) is 28.5 Å². The number of likely N-dealkylation sites (tertiary alicyclic amines) is 1. The van der Waals surface area contributed by atoms with Gasteiger partial charge in [-0.25, -0.2) is 4.98 Å². The maximum atomic E-state index is 9.01. The van der Waals surface area contributed by atoms with Gasteiger partial charge in [0.2, 0.25) is 0 Å². The van der Waals surface area contributed by atoms with Gasteiger partial charge in [0.15, 0.2) is 0 Å². The van der Waals surface area contributed by atoms with Gasteiger partial charge in [0.1, 0.15) is 5.65 Å². The SMILES string of the molecule is Cc1cn(C2CCN(CCO)CC2)c2ncc(Br)cc12. The van der Waals surface area contributed by atoms with Crippen LogP contribution < -0.4 is 0 Å². The number of nitrogens with zero attached hydrogens (tertiary/aromatic N) is 3. The molecule has 5 heteroatoms. The topological polar surface area (TPSA) is 41.3 Å². The van der Waals surface area contributed by atoms with Crippen molar-refractivity contribution in [3.8, 4) is 0 Å². The average molecular weight is 338 g/mol. The fourth-order valence-corrected chi connectivity index (χ4v) is 3.44. The summed E-state index contributed by atoms with van der Waals surface area (Å²) in [6.07, 6.45) is 6.36. The number of aryl methyl sites for hydroxylation is 1. The molecule has 0 saturated carbocycles. The van der Waals surface area contributed by atoms with Crippen molar-refractivity contribution < 1.29 is 5.11 Å². The summed E-state index contributed by atoms with van der Waals surface area (Å²) in [5.74, 6) is 0. The van der Waals surface area contributed by atoms with Gasteiger partial charge in [-0.1, -0.05) is 0 Å². The number of aliphatic hydroxyl groups is 1. The van der Waals surface area contributed by atoms with Crippen LogP contribution in [0, 0.1) is 6.92 Å². The highest BCUT2D eigenvalue weighted by molar-refractivity contribution is 9.10. The van der Waals surface area contributed by atoms with Crippen LogP contribution in [-0.2, 0) is 0 Å². The summed E-state index contributed by atoms with van der Waals surface area (Å²) < 4.78 is 3.37. The van der Waals surface area contributed by atoms with Crippen molar-refractivity contribution in [2.24, 2.45) is 0 Å². The summed E-state index contributed by atoms with van der Waals surface area (Å²) >= 11 is 3.49. The van der Waals surface area contributed by atoms with E-state index >= 15 is 0 Å². The first-order valence-corrected chi connectivity index (χ1v) is 7.94. The Bertz CT molecular complexity index is 602. The van der Waals surface area contributed by atoms with Gasteiger partial charge in [0.25, 0.3) is 0 Å². The standard InChI is InChI=1S/C15H20BrN3O/c1-11-10-19(15-14(11)8-12(16)9-17-15)13-2-4-18(5-3-13)6-7-20/h8-10,13,20H,2-7H2,1H3. The molecule has 2 aromatic rings. The predicted octanol–water partition coefficient (Wildman–Crippen LogP) is 2.74. The Balaban J connectivity index is 1.85. The zero-order valence-electron chi connectivity index (χ0n) is 11.7. The molecule has 1 fully saturated rings. The van der Waals surface area contributed by atoms with Crippen LogP contribution >= 0.6 is 15.9 Å². The van der Waals surface area contributed by atoms with Gasteiger partial charge >= 0.3 is 0 Å². The fraction of sp³-hybridized carbons (Fsp3) is 0.533. The molecule has 0 bridgehead atoms. The third-order valence-electron chi connectivity index (χ3n) is 4.20. The first kappa shape index (κ1) is 14.0. The number of fused-ring (bicyclic) bond motifs is 1. The van der Waals surface area contributed by atoms with Gasteiger partial charge in [-0.2, -0.15) is 0 Å². The number of halogens is 1. The molecule has 3 heterocycles. The van der Waals surface area contributed by atoms with E-state index in [1.54, 1.807) is 0 Å². The average Bonchev–Trinajstić information content (AvgIpc) is 2.77. The number of rotatable bonds is 3. The number of piperidine rings is 1. The molecule has 1 saturated heterocycles. The summed E-state index contributed by atoms with van der Waals surface area (Å²) in [7, 11) is 0. The van der Waals surface area contributed by atoms with E-state index < -0.39 is 0 Å². The lowest BCUT2D eigenvalue weighted by Crippen LogP contribution is -2.36. The number of β-amino-alcohol motifs (C(OH)–C–C–N with tert-alkyl or cyclic N) is 1. The molecule has 0 aliphatic carbocycles. The lowest BCUT2D eigenvalue weighted by Gasteiger charge is -2.32. The van der Waals surface area contributed by atoms with E-state index in [0.29, 0.717) is 6.04 Å². The van der Waals surface area contributed by atoms with Crippen LogP contribution in [-0.4, -0.2) is 45.8 Å². The van der Waals surface area contributed by atoms with Gasteiger partial charge in [-0.3, -0.25) is 0 Å². The second-order valence-corrected chi connectivity index (χ2v) is 6.46. The molecule has 0 unspecified atom stereocenters. The minimum Gasteiger partial charge on any atom is -0.395 e. The first-order valence-electron chi connectivity index (χ1n) is 7.15. The van der Waals surface area contributed by atoms with Crippen molar-refractivity contribution in [2.75, 3.05) is 26.2 Å². The molecular formula is C15H20BrN3O. The number of aliphatic hydroxyl groups excluding tert-OH is 1. The normalized spacial score (nSPS) is 17.9. The smallest absolute Gasteiger partial charge is 0.140 e. The molecule has 0 amide bonds. The summed E-state index contributed by atoms with van der Waals surface area (Å²) in [6, 6.07) is 2.67. The molecule has 0 radical (unpaired) electrons. The number of hydrogen-bond acceptors (Lipinski definition) is 3. The van der Waals surface area contributed by atoms with E-state index in [1.165, 1.54) is 10.9 Å². The molecule has 0 aromatic carbocycles. The van der Waals surface area contributed by atoms with Crippen LogP contribution in [0.1, 0.15) is 24.4 Å². The largest absolute Gasteiger partial charge is 0.395 e. The van der Waals surface area contributed by atoms with E-state index in [0.717, 1.165) is 42.6 Å². The number of pyridine rings is 1. The third kappa shape index (κ3) is 2.62. The Hall–Kier alpha value is -0.910. The van der Waals surface area contributed by atoms with Crippen LogP contribution in [0.3, 0.4) is 0 Å². The second kappa shape index (κ2) is 5.84. The zero-order valence-corrected chi connectivity index (χ0v) is 13.3. The van der Waals surface area contributed by atoms with Gasteiger partial charge in [0, 0.05) is 47.9 Å². The van der Waals surface area contributed by atoms with Crippen LogP contribution in [0.15, 0.2) is 22.9 Å². The summed E-state index contributed by atoms with van der Waals surface area (Å²) in [6.45, 7) is 5.31. The molecule has 1 N–H and O–H groups in total. The lowest BCUT2D eigenvalue weighted by molar-refractivity contribution is 0.150. The van der Waals surface area contributed by atoms with E-state index in [1.807, 2.05) is 6.20 Å². The lowest BCUT2D eigenvalue weighted by atomic mass is 10.0. The van der Waals surface area contributed by atoms with Gasteiger partial charge in [0.05, 0.1) is 6.61 Å². The summed E-state index contributed by atoms with van der Waals surface area (Å²) in [4.78, 5) is 6.93. The molecule has 0 spiro atoms.